The Bertz CT molecular complexity index is 567. The molecule has 2 atom stereocenters. The van der Waals surface area contributed by atoms with Crippen LogP contribution in [-0.4, -0.2) is 22.8 Å². The maximum Gasteiger partial charge on any atom is 0.136 e. The maximum atomic E-state index is 12.7. The van der Waals surface area contributed by atoms with Gasteiger partial charge < -0.3 is 0 Å². The molecule has 3 rings (SSSR count). The second kappa shape index (κ2) is 10.8. The zero-order valence-electron chi connectivity index (χ0n) is 17.0. The normalized spacial score (nSPS) is 24.8. The van der Waals surface area contributed by atoms with E-state index < -0.39 is 0 Å². The second-order valence-electron chi connectivity index (χ2n) is 8.63. The number of piperidine rings is 1. The average Bonchev–Trinajstić information content (AvgIpc) is 2.91. The molecule has 2 aliphatic heterocycles. The van der Waals surface area contributed by atoms with Gasteiger partial charge in [0.1, 0.15) is 5.78 Å². The number of benzene rings is 1. The topological polar surface area (TPSA) is 20.3 Å². The van der Waals surface area contributed by atoms with Gasteiger partial charge in [-0.2, -0.15) is 0 Å². The Kier molecular flexibility index (Phi) is 8.13. The first-order chi connectivity index (χ1) is 13.3. The molecule has 2 unspecified atom stereocenters. The SMILES string of the molecule is C=CCCCCCCCCC(=O)C1CC2CCC(C1)N2Cc1ccccc1. The number of nitrogens with zero attached hydrogens (tertiary/aromatic N) is 1. The van der Waals surface area contributed by atoms with Crippen molar-refractivity contribution >= 4 is 5.78 Å². The Balaban J connectivity index is 1.35. The lowest BCUT2D eigenvalue weighted by Gasteiger charge is -2.38. The molecule has 2 heterocycles. The lowest BCUT2D eigenvalue weighted by Crippen LogP contribution is -2.44. The standard InChI is InChI=1S/C25H37NO/c1-2-3-4-5-6-7-8-12-15-25(27)22-18-23-16-17-24(19-22)26(23)20-21-13-10-9-11-14-21/h2,9-11,13-14,22-24H,1,3-8,12,15-20H2. The largest absolute Gasteiger partial charge is 0.299 e. The van der Waals surface area contributed by atoms with Crippen molar-refractivity contribution in [2.75, 3.05) is 0 Å². The van der Waals surface area contributed by atoms with Crippen molar-refractivity contribution in [2.24, 2.45) is 5.92 Å². The van der Waals surface area contributed by atoms with Crippen LogP contribution in [0.25, 0.3) is 0 Å². The Morgan fingerprint density at radius 1 is 0.963 bits per heavy atom. The number of allylic oxidation sites excluding steroid dienone is 1. The molecule has 0 aliphatic carbocycles. The quantitative estimate of drug-likeness (QED) is 0.319. The van der Waals surface area contributed by atoms with Crippen LogP contribution in [0.2, 0.25) is 0 Å². The summed E-state index contributed by atoms with van der Waals surface area (Å²) < 4.78 is 0. The summed E-state index contributed by atoms with van der Waals surface area (Å²) in [6.45, 7) is 4.83. The molecule has 0 spiro atoms. The summed E-state index contributed by atoms with van der Waals surface area (Å²) in [5, 5.41) is 0. The molecule has 0 aromatic heterocycles. The van der Waals surface area contributed by atoms with Crippen molar-refractivity contribution in [3.05, 3.63) is 48.6 Å². The Labute approximate surface area is 166 Å². The molecule has 27 heavy (non-hydrogen) atoms. The minimum absolute atomic E-state index is 0.335. The fraction of sp³-hybridized carbons (Fsp3) is 0.640. The number of Topliss-reactive ketones (excluding diaryl/α,β-unsaturated/α-hetero) is 1. The van der Waals surface area contributed by atoms with Crippen LogP contribution in [0.15, 0.2) is 43.0 Å². The van der Waals surface area contributed by atoms with E-state index in [2.05, 4.69) is 41.8 Å². The van der Waals surface area contributed by atoms with Gasteiger partial charge in [0.05, 0.1) is 0 Å². The molecule has 1 aromatic rings. The Morgan fingerprint density at radius 3 is 2.26 bits per heavy atom. The van der Waals surface area contributed by atoms with Crippen LogP contribution in [0.5, 0.6) is 0 Å². The summed E-state index contributed by atoms with van der Waals surface area (Å²) in [7, 11) is 0. The molecule has 0 amide bonds. The fourth-order valence-corrected chi connectivity index (χ4v) is 5.09. The van der Waals surface area contributed by atoms with Crippen LogP contribution < -0.4 is 0 Å². The average molecular weight is 368 g/mol. The smallest absolute Gasteiger partial charge is 0.136 e. The first-order valence-corrected chi connectivity index (χ1v) is 11.2. The van der Waals surface area contributed by atoms with Crippen molar-refractivity contribution in [1.29, 1.82) is 0 Å². The molecule has 0 radical (unpaired) electrons. The van der Waals surface area contributed by atoms with Crippen LogP contribution in [0.1, 0.15) is 82.6 Å². The van der Waals surface area contributed by atoms with Gasteiger partial charge in [0.15, 0.2) is 0 Å². The highest BCUT2D eigenvalue weighted by atomic mass is 16.1. The predicted octanol–water partition coefficient (Wildman–Crippen LogP) is 6.31. The molecule has 0 N–H and O–H groups in total. The van der Waals surface area contributed by atoms with E-state index in [0.717, 1.165) is 38.6 Å². The van der Waals surface area contributed by atoms with Crippen LogP contribution in [0.3, 0.4) is 0 Å². The summed E-state index contributed by atoms with van der Waals surface area (Å²) in [6.07, 6.45) is 16.2. The van der Waals surface area contributed by atoms with Crippen molar-refractivity contribution in [1.82, 2.24) is 4.90 Å². The number of fused-ring (bicyclic) bond motifs is 2. The first kappa shape index (κ1) is 20.3. The third-order valence-corrected chi connectivity index (χ3v) is 6.63. The molecule has 2 saturated heterocycles. The number of rotatable bonds is 12. The minimum atomic E-state index is 0.335. The summed E-state index contributed by atoms with van der Waals surface area (Å²) in [5.74, 6) is 0.889. The van der Waals surface area contributed by atoms with E-state index in [1.165, 1.54) is 50.5 Å². The highest BCUT2D eigenvalue weighted by Crippen LogP contribution is 2.40. The lowest BCUT2D eigenvalue weighted by atomic mass is 9.85. The number of hydrogen-bond donors (Lipinski definition) is 0. The lowest BCUT2D eigenvalue weighted by molar-refractivity contribution is -0.125. The minimum Gasteiger partial charge on any atom is -0.299 e. The summed E-state index contributed by atoms with van der Waals surface area (Å²) in [6, 6.07) is 12.1. The van der Waals surface area contributed by atoms with E-state index in [0.29, 0.717) is 23.8 Å². The molecular formula is C25H37NO. The van der Waals surface area contributed by atoms with Gasteiger partial charge in [0.25, 0.3) is 0 Å². The van der Waals surface area contributed by atoms with Gasteiger partial charge in [-0.3, -0.25) is 9.69 Å². The van der Waals surface area contributed by atoms with Gasteiger partial charge in [-0.1, -0.05) is 62.1 Å². The molecule has 148 valence electrons. The van der Waals surface area contributed by atoms with Gasteiger partial charge in [0, 0.05) is 31.0 Å². The van der Waals surface area contributed by atoms with Gasteiger partial charge in [-0.25, -0.2) is 0 Å². The summed E-state index contributed by atoms with van der Waals surface area (Å²) in [4.78, 5) is 15.4. The molecule has 0 saturated carbocycles. The van der Waals surface area contributed by atoms with Crippen molar-refractivity contribution in [3.63, 3.8) is 0 Å². The van der Waals surface area contributed by atoms with Gasteiger partial charge in [-0.15, -0.1) is 6.58 Å². The maximum absolute atomic E-state index is 12.7. The van der Waals surface area contributed by atoms with E-state index >= 15 is 0 Å². The van der Waals surface area contributed by atoms with Gasteiger partial charge in [-0.05, 0) is 50.5 Å². The third kappa shape index (κ3) is 6.04. The van der Waals surface area contributed by atoms with Gasteiger partial charge >= 0.3 is 0 Å². The number of hydrogen-bond acceptors (Lipinski definition) is 2. The molecule has 2 bridgehead atoms. The predicted molar refractivity (Wildman–Crippen MR) is 114 cm³/mol. The van der Waals surface area contributed by atoms with Crippen molar-refractivity contribution in [3.8, 4) is 0 Å². The van der Waals surface area contributed by atoms with Crippen LogP contribution in [-0.2, 0) is 11.3 Å². The molecule has 1 aromatic carbocycles. The fourth-order valence-electron chi connectivity index (χ4n) is 5.09. The Hall–Kier alpha value is -1.41. The van der Waals surface area contributed by atoms with E-state index in [9.17, 15) is 4.79 Å². The van der Waals surface area contributed by atoms with E-state index in [4.69, 9.17) is 0 Å². The molecule has 2 aliphatic rings. The van der Waals surface area contributed by atoms with Crippen molar-refractivity contribution < 1.29 is 4.79 Å². The van der Waals surface area contributed by atoms with Crippen LogP contribution >= 0.6 is 0 Å². The molecule has 2 heteroatoms. The summed E-state index contributed by atoms with van der Waals surface area (Å²) in [5.41, 5.74) is 1.41. The van der Waals surface area contributed by atoms with E-state index in [-0.39, 0.29) is 0 Å². The summed E-state index contributed by atoms with van der Waals surface area (Å²) >= 11 is 0. The zero-order valence-corrected chi connectivity index (χ0v) is 17.0. The van der Waals surface area contributed by atoms with Crippen LogP contribution in [0, 0.1) is 5.92 Å². The molecule has 2 nitrogen and oxygen atoms in total. The highest BCUT2D eigenvalue weighted by molar-refractivity contribution is 5.81. The monoisotopic (exact) mass is 367 g/mol. The van der Waals surface area contributed by atoms with E-state index in [1.807, 2.05) is 6.08 Å². The number of unbranched alkanes of at least 4 members (excludes halogenated alkanes) is 6. The molecule has 2 fully saturated rings. The number of ketones is 1. The first-order valence-electron chi connectivity index (χ1n) is 11.2. The Morgan fingerprint density at radius 2 is 1.59 bits per heavy atom. The number of carbonyl (C=O) groups excluding carboxylic acids is 1. The highest BCUT2D eigenvalue weighted by Gasteiger charge is 2.42. The zero-order chi connectivity index (χ0) is 18.9. The molecular weight excluding hydrogens is 330 g/mol. The van der Waals surface area contributed by atoms with Gasteiger partial charge in [0.2, 0.25) is 0 Å². The van der Waals surface area contributed by atoms with Crippen LogP contribution in [0.4, 0.5) is 0 Å². The van der Waals surface area contributed by atoms with Crippen molar-refractivity contribution in [2.45, 2.75) is 95.7 Å². The third-order valence-electron chi connectivity index (χ3n) is 6.63. The second-order valence-corrected chi connectivity index (χ2v) is 8.63. The number of carbonyl (C=O) groups is 1. The van der Waals surface area contributed by atoms with E-state index in [1.54, 1.807) is 0 Å².